The zero-order valence-electron chi connectivity index (χ0n) is 29.6. The molecule has 10 atom stereocenters. The summed E-state index contributed by atoms with van der Waals surface area (Å²) in [4.78, 5) is 63.5. The smallest absolute Gasteiger partial charge is 0.408 e. The van der Waals surface area contributed by atoms with Gasteiger partial charge in [-0.3, -0.25) is 19.2 Å². The van der Waals surface area contributed by atoms with Crippen LogP contribution >= 0.6 is 0 Å². The van der Waals surface area contributed by atoms with Gasteiger partial charge in [-0.2, -0.15) is 0 Å². The molecule has 9 nitrogen and oxygen atoms in total. The maximum Gasteiger partial charge on any atom is 0.408 e. The van der Waals surface area contributed by atoms with Crippen molar-refractivity contribution in [3.8, 4) is 0 Å². The molecular formula is C37H60N2O7. The van der Waals surface area contributed by atoms with E-state index in [-0.39, 0.29) is 59.8 Å². The topological polar surface area (TPSA) is 142 Å². The molecule has 0 saturated heterocycles. The standard InChI is InChI=1S/C37H60N2O7/c1-21(2)26(20-31(41)30(13-14-32(38)42)39-34(44)46-35(4,5)6)33(43)45-24-15-17-36(7)23(19-24)9-10-25-28-12-11-27(22(3)40)37(28,8)18-16-29(25)36/h21,23-30H,9-20H2,1-8H3,(H2,38,42)(H,39,44)/t23-,24?,25-,26?,27+,28-,29-,30-,36-,37+/m0/s1. The van der Waals surface area contributed by atoms with E-state index in [2.05, 4.69) is 19.2 Å². The highest BCUT2D eigenvalue weighted by molar-refractivity contribution is 5.91. The predicted molar refractivity (Wildman–Crippen MR) is 175 cm³/mol. The molecule has 4 rings (SSSR count). The van der Waals surface area contributed by atoms with Gasteiger partial charge in [-0.25, -0.2) is 4.79 Å². The van der Waals surface area contributed by atoms with Crippen molar-refractivity contribution >= 4 is 29.5 Å². The lowest BCUT2D eigenvalue weighted by atomic mass is 9.44. The average Bonchev–Trinajstić information content (AvgIpc) is 3.30. The van der Waals surface area contributed by atoms with Crippen molar-refractivity contribution in [3.05, 3.63) is 0 Å². The first kappa shape index (κ1) is 36.4. The number of hydrogen-bond acceptors (Lipinski definition) is 7. The summed E-state index contributed by atoms with van der Waals surface area (Å²) in [6.07, 6.45) is 8.48. The number of ether oxygens (including phenoxy) is 2. The molecule has 0 aromatic carbocycles. The second-order valence-electron chi connectivity index (χ2n) is 17.0. The molecule has 260 valence electrons. The minimum absolute atomic E-state index is 0.0355. The third kappa shape index (κ3) is 7.81. The van der Waals surface area contributed by atoms with Crippen LogP contribution < -0.4 is 11.1 Å². The third-order valence-corrected chi connectivity index (χ3v) is 12.7. The number of primary amides is 1. The largest absolute Gasteiger partial charge is 0.462 e. The summed E-state index contributed by atoms with van der Waals surface area (Å²) < 4.78 is 11.5. The van der Waals surface area contributed by atoms with E-state index in [1.807, 2.05) is 13.8 Å². The van der Waals surface area contributed by atoms with Crippen LogP contribution in [0.2, 0.25) is 0 Å². The molecule has 9 heteroatoms. The lowest BCUT2D eigenvalue weighted by Crippen LogP contribution is -2.54. The number of Topliss-reactive ketones (excluding diaryl/α,β-unsaturated/α-hetero) is 2. The summed E-state index contributed by atoms with van der Waals surface area (Å²) in [7, 11) is 0. The van der Waals surface area contributed by atoms with Gasteiger partial charge in [0.25, 0.3) is 0 Å². The van der Waals surface area contributed by atoms with Crippen LogP contribution in [0.15, 0.2) is 0 Å². The fourth-order valence-electron chi connectivity index (χ4n) is 10.2. The number of esters is 1. The van der Waals surface area contributed by atoms with Crippen molar-refractivity contribution in [1.29, 1.82) is 0 Å². The Balaban J connectivity index is 1.38. The van der Waals surface area contributed by atoms with Gasteiger partial charge in [0, 0.05) is 18.8 Å². The molecule has 3 N–H and O–H groups in total. The van der Waals surface area contributed by atoms with Crippen molar-refractivity contribution in [2.45, 2.75) is 150 Å². The van der Waals surface area contributed by atoms with E-state index in [1.54, 1.807) is 27.7 Å². The molecule has 2 amide bonds. The molecule has 0 bridgehead atoms. The van der Waals surface area contributed by atoms with Crippen molar-refractivity contribution < 1.29 is 33.4 Å². The molecule has 0 radical (unpaired) electrons. The van der Waals surface area contributed by atoms with Crippen molar-refractivity contribution in [1.82, 2.24) is 5.32 Å². The van der Waals surface area contributed by atoms with E-state index in [1.165, 1.54) is 19.3 Å². The van der Waals surface area contributed by atoms with Crippen LogP contribution in [-0.2, 0) is 28.7 Å². The van der Waals surface area contributed by atoms with E-state index < -0.39 is 29.6 Å². The Bertz CT molecular complexity index is 1180. The summed E-state index contributed by atoms with van der Waals surface area (Å²) in [5.41, 5.74) is 4.94. The number of carbonyl (C=O) groups is 5. The number of amides is 2. The Labute approximate surface area is 276 Å². The van der Waals surface area contributed by atoms with E-state index >= 15 is 0 Å². The Hall–Kier alpha value is -2.45. The number of fused-ring (bicyclic) bond motifs is 5. The minimum Gasteiger partial charge on any atom is -0.462 e. The summed E-state index contributed by atoms with van der Waals surface area (Å²) in [5, 5.41) is 2.59. The van der Waals surface area contributed by atoms with Crippen LogP contribution in [-0.4, -0.2) is 47.3 Å². The molecular weight excluding hydrogens is 584 g/mol. The van der Waals surface area contributed by atoms with Gasteiger partial charge >= 0.3 is 12.1 Å². The average molecular weight is 645 g/mol. The van der Waals surface area contributed by atoms with Gasteiger partial charge < -0.3 is 20.5 Å². The number of rotatable bonds is 11. The molecule has 2 unspecified atom stereocenters. The molecule has 0 spiro atoms. The molecule has 0 aromatic rings. The van der Waals surface area contributed by atoms with Gasteiger partial charge in [0.15, 0.2) is 5.78 Å². The van der Waals surface area contributed by atoms with Crippen LogP contribution in [0, 0.1) is 52.3 Å². The number of alkyl carbamates (subject to hydrolysis) is 1. The molecule has 4 saturated carbocycles. The number of ketones is 2. The van der Waals surface area contributed by atoms with Gasteiger partial charge in [-0.1, -0.05) is 27.7 Å². The first-order valence-electron chi connectivity index (χ1n) is 17.9. The predicted octanol–water partition coefficient (Wildman–Crippen LogP) is 6.54. The van der Waals surface area contributed by atoms with E-state index in [0.29, 0.717) is 29.5 Å². The van der Waals surface area contributed by atoms with Gasteiger partial charge in [0.1, 0.15) is 17.5 Å². The quantitative estimate of drug-likeness (QED) is 0.243. The normalized spacial score (nSPS) is 35.2. The highest BCUT2D eigenvalue weighted by Crippen LogP contribution is 2.67. The van der Waals surface area contributed by atoms with Gasteiger partial charge in [0.2, 0.25) is 5.91 Å². The Kier molecular flexibility index (Phi) is 11.0. The monoisotopic (exact) mass is 644 g/mol. The van der Waals surface area contributed by atoms with Gasteiger partial charge in [0.05, 0.1) is 12.0 Å². The minimum atomic E-state index is -0.995. The van der Waals surface area contributed by atoms with Crippen molar-refractivity contribution in [2.75, 3.05) is 0 Å². The van der Waals surface area contributed by atoms with Crippen LogP contribution in [0.5, 0.6) is 0 Å². The third-order valence-electron chi connectivity index (χ3n) is 12.7. The summed E-state index contributed by atoms with van der Waals surface area (Å²) in [5.74, 6) is 0.929. The number of hydrogen-bond donors (Lipinski definition) is 2. The lowest BCUT2D eigenvalue weighted by molar-refractivity contribution is -0.169. The summed E-state index contributed by atoms with van der Waals surface area (Å²) >= 11 is 0. The van der Waals surface area contributed by atoms with E-state index in [9.17, 15) is 24.0 Å². The van der Waals surface area contributed by atoms with E-state index in [4.69, 9.17) is 15.2 Å². The molecule has 46 heavy (non-hydrogen) atoms. The molecule has 0 heterocycles. The Morgan fingerprint density at radius 2 is 1.57 bits per heavy atom. The second-order valence-corrected chi connectivity index (χ2v) is 17.0. The van der Waals surface area contributed by atoms with Crippen molar-refractivity contribution in [3.63, 3.8) is 0 Å². The summed E-state index contributed by atoms with van der Waals surface area (Å²) in [6.45, 7) is 15.6. The van der Waals surface area contributed by atoms with Crippen LogP contribution in [0.3, 0.4) is 0 Å². The maximum atomic E-state index is 13.6. The Morgan fingerprint density at radius 3 is 2.17 bits per heavy atom. The number of nitrogens with one attached hydrogen (secondary N) is 1. The first-order chi connectivity index (χ1) is 21.4. The number of carbonyl (C=O) groups excluding carboxylic acids is 5. The van der Waals surface area contributed by atoms with Gasteiger partial charge in [-0.05, 0) is 132 Å². The SMILES string of the molecule is CC(=O)[C@H]1CC[C@H]2[C@@H]3CC[C@H]4CC(OC(=O)C(CC(=O)[C@H](CCC(N)=O)NC(=O)OC(C)(C)C)C(C)C)CC[C@]4(C)[C@H]3CC[C@]12C. The second kappa shape index (κ2) is 14.0. The van der Waals surface area contributed by atoms with Crippen LogP contribution in [0.4, 0.5) is 4.79 Å². The van der Waals surface area contributed by atoms with Crippen molar-refractivity contribution in [2.24, 2.45) is 58.0 Å². The highest BCUT2D eigenvalue weighted by Gasteiger charge is 2.61. The first-order valence-corrected chi connectivity index (χ1v) is 17.9. The number of nitrogens with two attached hydrogens (primary N) is 1. The molecule has 4 aliphatic carbocycles. The maximum absolute atomic E-state index is 13.6. The van der Waals surface area contributed by atoms with Crippen LogP contribution in [0.1, 0.15) is 132 Å². The summed E-state index contributed by atoms with van der Waals surface area (Å²) in [6, 6.07) is -0.995. The lowest BCUT2D eigenvalue weighted by Gasteiger charge is -2.61. The highest BCUT2D eigenvalue weighted by atomic mass is 16.6. The zero-order chi connectivity index (χ0) is 34.2. The molecule has 0 aromatic heterocycles. The Morgan fingerprint density at radius 1 is 0.913 bits per heavy atom. The molecule has 0 aliphatic heterocycles. The molecule has 4 aliphatic rings. The fraction of sp³-hybridized carbons (Fsp3) is 0.865. The van der Waals surface area contributed by atoms with E-state index in [0.717, 1.165) is 38.5 Å². The van der Waals surface area contributed by atoms with Gasteiger partial charge in [-0.15, -0.1) is 0 Å². The van der Waals surface area contributed by atoms with Crippen LogP contribution in [0.25, 0.3) is 0 Å². The fourth-order valence-corrected chi connectivity index (χ4v) is 10.2. The molecule has 4 fully saturated rings. The zero-order valence-corrected chi connectivity index (χ0v) is 29.6.